The molecule has 2 bridgehead atoms. The van der Waals surface area contributed by atoms with Crippen LogP contribution in [0.25, 0.3) is 0 Å². The lowest BCUT2D eigenvalue weighted by Crippen LogP contribution is -2.51. The highest BCUT2D eigenvalue weighted by atomic mass is 32.2. The third kappa shape index (κ3) is 3.64. The standard InChI is InChI=1S/C10H18.C6H10S/c1-7-4-5-8-6-9(7)10(8,2)3;1-3-5-7-6-4-2/h7-9H,4-6H2,1-3H3;3-4H,1-2,5-6H2. The van der Waals surface area contributed by atoms with Crippen LogP contribution in [0, 0.1) is 23.2 Å². The van der Waals surface area contributed by atoms with Gasteiger partial charge in [0.1, 0.15) is 0 Å². The minimum absolute atomic E-state index is 0.706. The van der Waals surface area contributed by atoms with Crippen molar-refractivity contribution in [1.82, 2.24) is 0 Å². The molecule has 0 aromatic heterocycles. The van der Waals surface area contributed by atoms with Crippen LogP contribution in [0.5, 0.6) is 0 Å². The van der Waals surface area contributed by atoms with Gasteiger partial charge in [0.05, 0.1) is 0 Å². The highest BCUT2D eigenvalue weighted by molar-refractivity contribution is 7.99. The highest BCUT2D eigenvalue weighted by Gasteiger charge is 2.52. The monoisotopic (exact) mass is 252 g/mol. The fraction of sp³-hybridized carbons (Fsp3) is 0.750. The molecule has 0 saturated heterocycles. The van der Waals surface area contributed by atoms with E-state index in [2.05, 4.69) is 33.9 Å². The van der Waals surface area contributed by atoms with Crippen LogP contribution >= 0.6 is 11.8 Å². The Kier molecular flexibility index (Phi) is 5.85. The van der Waals surface area contributed by atoms with Crippen molar-refractivity contribution in [1.29, 1.82) is 0 Å². The number of fused-ring (bicyclic) bond motifs is 2. The Morgan fingerprint density at radius 1 is 1.18 bits per heavy atom. The van der Waals surface area contributed by atoms with Gasteiger partial charge in [-0.2, -0.15) is 11.8 Å². The molecular weight excluding hydrogens is 224 g/mol. The molecule has 3 fully saturated rings. The summed E-state index contributed by atoms with van der Waals surface area (Å²) in [5.74, 6) is 5.22. The van der Waals surface area contributed by atoms with Crippen molar-refractivity contribution in [2.24, 2.45) is 23.2 Å². The normalized spacial score (nSPS) is 32.8. The maximum absolute atomic E-state index is 3.58. The minimum Gasteiger partial charge on any atom is -0.154 e. The van der Waals surface area contributed by atoms with Crippen LogP contribution in [0.4, 0.5) is 0 Å². The average molecular weight is 252 g/mol. The van der Waals surface area contributed by atoms with Crippen LogP contribution in [0.3, 0.4) is 0 Å². The van der Waals surface area contributed by atoms with E-state index in [1.54, 1.807) is 0 Å². The third-order valence-corrected chi connectivity index (χ3v) is 5.62. The molecule has 3 saturated carbocycles. The van der Waals surface area contributed by atoms with Gasteiger partial charge in [0.2, 0.25) is 0 Å². The molecule has 0 aromatic carbocycles. The Bertz CT molecular complexity index is 244. The van der Waals surface area contributed by atoms with Gasteiger partial charge >= 0.3 is 0 Å². The maximum atomic E-state index is 3.58. The Morgan fingerprint density at radius 2 is 1.76 bits per heavy atom. The predicted octanol–water partition coefficient (Wildman–Crippen LogP) is 5.17. The second kappa shape index (κ2) is 6.68. The quantitative estimate of drug-likeness (QED) is 0.491. The molecule has 0 aromatic rings. The topological polar surface area (TPSA) is 0 Å². The summed E-state index contributed by atoms with van der Waals surface area (Å²) in [4.78, 5) is 0. The van der Waals surface area contributed by atoms with E-state index in [4.69, 9.17) is 0 Å². The van der Waals surface area contributed by atoms with Crippen LogP contribution < -0.4 is 0 Å². The van der Waals surface area contributed by atoms with Crippen molar-refractivity contribution in [2.75, 3.05) is 11.5 Å². The Balaban J connectivity index is 0.000000185. The molecule has 3 unspecified atom stereocenters. The average Bonchev–Trinajstić information content (AvgIpc) is 2.30. The second-order valence-corrected chi connectivity index (χ2v) is 7.10. The van der Waals surface area contributed by atoms with Crippen molar-refractivity contribution < 1.29 is 0 Å². The molecular formula is C16H28S. The summed E-state index contributed by atoms with van der Waals surface area (Å²) in [6.45, 7) is 14.5. The zero-order chi connectivity index (χ0) is 12.9. The third-order valence-electron chi connectivity index (χ3n) is 4.68. The summed E-state index contributed by atoms with van der Waals surface area (Å²) < 4.78 is 0. The van der Waals surface area contributed by atoms with Crippen LogP contribution in [-0.4, -0.2) is 11.5 Å². The number of thioether (sulfide) groups is 1. The first-order valence-corrected chi connectivity index (χ1v) is 7.99. The summed E-state index contributed by atoms with van der Waals surface area (Å²) in [6, 6.07) is 0. The van der Waals surface area contributed by atoms with E-state index < -0.39 is 0 Å². The first-order valence-electron chi connectivity index (χ1n) is 6.83. The molecule has 0 aliphatic heterocycles. The second-order valence-electron chi connectivity index (χ2n) is 6.03. The van der Waals surface area contributed by atoms with Gasteiger partial charge in [0.15, 0.2) is 0 Å². The molecule has 3 rings (SSSR count). The first kappa shape index (κ1) is 14.9. The lowest BCUT2D eigenvalue weighted by molar-refractivity contribution is -0.0988. The van der Waals surface area contributed by atoms with Crippen LogP contribution in [0.15, 0.2) is 25.3 Å². The van der Waals surface area contributed by atoms with Gasteiger partial charge in [-0.25, -0.2) is 0 Å². The van der Waals surface area contributed by atoms with Gasteiger partial charge in [0, 0.05) is 11.5 Å². The Hall–Kier alpha value is -0.170. The minimum atomic E-state index is 0.706. The largest absolute Gasteiger partial charge is 0.154 e. The summed E-state index contributed by atoms with van der Waals surface area (Å²) >= 11 is 1.82. The highest BCUT2D eigenvalue weighted by Crippen LogP contribution is 2.61. The van der Waals surface area contributed by atoms with Crippen LogP contribution in [-0.2, 0) is 0 Å². The molecule has 98 valence electrons. The number of rotatable bonds is 4. The van der Waals surface area contributed by atoms with Gasteiger partial charge < -0.3 is 0 Å². The molecule has 17 heavy (non-hydrogen) atoms. The Labute approximate surface area is 112 Å². The number of hydrogen-bond acceptors (Lipinski definition) is 1. The predicted molar refractivity (Wildman–Crippen MR) is 81.5 cm³/mol. The van der Waals surface area contributed by atoms with E-state index in [9.17, 15) is 0 Å². The SMILES string of the molecule is C=CCSCC=C.CC1CCC2CC1C2(C)C. The molecule has 1 heteroatoms. The van der Waals surface area contributed by atoms with Crippen molar-refractivity contribution >= 4 is 11.8 Å². The lowest BCUT2D eigenvalue weighted by atomic mass is 9.46. The van der Waals surface area contributed by atoms with Gasteiger partial charge in [-0.1, -0.05) is 39.3 Å². The molecule has 3 aliphatic carbocycles. The van der Waals surface area contributed by atoms with Gasteiger partial charge in [-0.3, -0.25) is 0 Å². The fourth-order valence-electron chi connectivity index (χ4n) is 3.41. The Morgan fingerprint density at radius 3 is 2.06 bits per heavy atom. The zero-order valence-corrected chi connectivity index (χ0v) is 12.6. The molecule has 0 radical (unpaired) electrons. The maximum Gasteiger partial charge on any atom is 0.0113 e. The van der Waals surface area contributed by atoms with E-state index in [0.717, 1.165) is 29.3 Å². The van der Waals surface area contributed by atoms with E-state index in [1.165, 1.54) is 19.3 Å². The molecule has 0 nitrogen and oxygen atoms in total. The molecule has 3 aliphatic rings. The van der Waals surface area contributed by atoms with E-state index in [0.29, 0.717) is 5.41 Å². The van der Waals surface area contributed by atoms with Crippen LogP contribution in [0.1, 0.15) is 40.0 Å². The molecule has 0 N–H and O–H groups in total. The van der Waals surface area contributed by atoms with Crippen molar-refractivity contribution in [2.45, 2.75) is 40.0 Å². The zero-order valence-electron chi connectivity index (χ0n) is 11.7. The molecule has 0 spiro atoms. The van der Waals surface area contributed by atoms with Gasteiger partial charge in [0.25, 0.3) is 0 Å². The fourth-order valence-corrected chi connectivity index (χ4v) is 3.88. The van der Waals surface area contributed by atoms with E-state index in [1.807, 2.05) is 23.9 Å². The summed E-state index contributed by atoms with van der Waals surface area (Å²) in [7, 11) is 0. The summed E-state index contributed by atoms with van der Waals surface area (Å²) in [6.07, 6.45) is 8.33. The van der Waals surface area contributed by atoms with Gasteiger partial charge in [-0.05, 0) is 36.0 Å². The van der Waals surface area contributed by atoms with Crippen molar-refractivity contribution in [3.8, 4) is 0 Å². The summed E-state index contributed by atoms with van der Waals surface area (Å²) in [5, 5.41) is 0. The van der Waals surface area contributed by atoms with E-state index in [-0.39, 0.29) is 0 Å². The molecule has 0 amide bonds. The van der Waals surface area contributed by atoms with E-state index >= 15 is 0 Å². The van der Waals surface area contributed by atoms with Gasteiger partial charge in [-0.15, -0.1) is 13.2 Å². The molecule has 0 heterocycles. The van der Waals surface area contributed by atoms with Crippen molar-refractivity contribution in [3.63, 3.8) is 0 Å². The van der Waals surface area contributed by atoms with Crippen LogP contribution in [0.2, 0.25) is 0 Å². The first-order chi connectivity index (χ1) is 8.04. The summed E-state index contributed by atoms with van der Waals surface area (Å²) in [5.41, 5.74) is 0.706. The number of hydrogen-bond donors (Lipinski definition) is 0. The van der Waals surface area contributed by atoms with Crippen molar-refractivity contribution in [3.05, 3.63) is 25.3 Å². The lowest BCUT2D eigenvalue weighted by Gasteiger charge is -2.59. The molecule has 3 atom stereocenters. The smallest absolute Gasteiger partial charge is 0.0113 e.